The lowest BCUT2D eigenvalue weighted by Crippen LogP contribution is -2.29. The van der Waals surface area contributed by atoms with Crippen molar-refractivity contribution in [3.8, 4) is 0 Å². The number of pyridine rings is 1. The molecule has 3 rings (SSSR count). The number of nitrogens with zero attached hydrogens (tertiary/aromatic N) is 2. The lowest BCUT2D eigenvalue weighted by Gasteiger charge is -2.22. The first-order valence-electron chi connectivity index (χ1n) is 6.62. The van der Waals surface area contributed by atoms with Gasteiger partial charge < -0.3 is 4.57 Å². The molecule has 8 heteroatoms. The van der Waals surface area contributed by atoms with Crippen LogP contribution in [0.15, 0.2) is 15.7 Å². The van der Waals surface area contributed by atoms with Crippen LogP contribution in [0.1, 0.15) is 24.3 Å². The van der Waals surface area contributed by atoms with E-state index in [2.05, 4.69) is 10.2 Å². The third-order valence-corrected chi connectivity index (χ3v) is 5.63. The lowest BCUT2D eigenvalue weighted by atomic mass is 9.94. The van der Waals surface area contributed by atoms with E-state index >= 15 is 0 Å². The molecule has 0 saturated carbocycles. The van der Waals surface area contributed by atoms with Gasteiger partial charge in [-0.15, -0.1) is 0 Å². The first-order valence-corrected chi connectivity index (χ1v) is 8.48. The zero-order valence-corrected chi connectivity index (χ0v) is 13.0. The highest BCUT2D eigenvalue weighted by Crippen LogP contribution is 2.28. The van der Waals surface area contributed by atoms with Gasteiger partial charge in [0.25, 0.3) is 11.1 Å². The van der Waals surface area contributed by atoms with Crippen LogP contribution in [0.2, 0.25) is 5.15 Å². The van der Waals surface area contributed by atoms with Gasteiger partial charge >= 0.3 is 0 Å². The van der Waals surface area contributed by atoms with Crippen LogP contribution >= 0.6 is 11.6 Å². The van der Waals surface area contributed by atoms with E-state index in [0.29, 0.717) is 35.3 Å². The molecule has 0 bridgehead atoms. The Kier molecular flexibility index (Phi) is 3.71. The molecule has 1 aliphatic rings. The van der Waals surface area contributed by atoms with E-state index in [9.17, 15) is 13.8 Å². The SMILES string of the molecule is Cn1c(=O)c(C2CCS(=O)CC2)cc2c(Cl)n[nH]c(=O)c21. The Morgan fingerprint density at radius 3 is 2.71 bits per heavy atom. The highest BCUT2D eigenvalue weighted by molar-refractivity contribution is 7.85. The largest absolute Gasteiger partial charge is 0.306 e. The molecular formula is C13H14ClN3O3S. The van der Waals surface area contributed by atoms with Crippen molar-refractivity contribution in [2.45, 2.75) is 18.8 Å². The van der Waals surface area contributed by atoms with Gasteiger partial charge in [-0.05, 0) is 24.8 Å². The van der Waals surface area contributed by atoms with Crippen molar-refractivity contribution in [2.75, 3.05) is 11.5 Å². The number of halogens is 1. The molecular weight excluding hydrogens is 314 g/mol. The minimum Gasteiger partial charge on any atom is -0.306 e. The van der Waals surface area contributed by atoms with Crippen LogP contribution in [0.4, 0.5) is 0 Å². The molecule has 112 valence electrons. The minimum atomic E-state index is -0.784. The highest BCUT2D eigenvalue weighted by atomic mass is 35.5. The Labute approximate surface area is 127 Å². The molecule has 0 aromatic carbocycles. The second-order valence-electron chi connectivity index (χ2n) is 5.19. The average Bonchev–Trinajstić information content (AvgIpc) is 2.47. The quantitative estimate of drug-likeness (QED) is 0.843. The van der Waals surface area contributed by atoms with Crippen molar-refractivity contribution in [2.24, 2.45) is 7.05 Å². The smallest absolute Gasteiger partial charge is 0.288 e. The zero-order chi connectivity index (χ0) is 15.1. The summed E-state index contributed by atoms with van der Waals surface area (Å²) < 4.78 is 12.8. The Hall–Kier alpha value is -1.47. The van der Waals surface area contributed by atoms with E-state index in [4.69, 9.17) is 11.6 Å². The standard InChI is InChI=1S/C13H14ClN3O3S/c1-17-10-9(11(14)15-16-12(10)18)6-8(13(17)19)7-2-4-21(20)5-3-7/h6-7H,2-5H2,1H3,(H,16,18). The molecule has 2 aromatic rings. The Balaban J connectivity index is 2.23. The van der Waals surface area contributed by atoms with Crippen LogP contribution in [0.25, 0.3) is 10.9 Å². The van der Waals surface area contributed by atoms with Gasteiger partial charge in [0, 0.05) is 40.3 Å². The minimum absolute atomic E-state index is 0.0566. The fourth-order valence-corrected chi connectivity index (χ4v) is 4.29. The van der Waals surface area contributed by atoms with Crippen molar-refractivity contribution in [1.82, 2.24) is 14.8 Å². The first-order chi connectivity index (χ1) is 9.99. The number of aromatic nitrogens is 3. The number of hydrogen-bond acceptors (Lipinski definition) is 4. The Bertz CT molecular complexity index is 848. The topological polar surface area (TPSA) is 84.8 Å². The van der Waals surface area contributed by atoms with Gasteiger partial charge in [-0.1, -0.05) is 11.6 Å². The number of fused-ring (bicyclic) bond motifs is 1. The summed E-state index contributed by atoms with van der Waals surface area (Å²) >= 11 is 6.04. The number of H-pyrrole nitrogens is 1. The van der Waals surface area contributed by atoms with Crippen molar-refractivity contribution in [3.63, 3.8) is 0 Å². The van der Waals surface area contributed by atoms with Gasteiger partial charge in [-0.3, -0.25) is 13.8 Å². The lowest BCUT2D eigenvalue weighted by molar-refractivity contribution is 0.597. The molecule has 21 heavy (non-hydrogen) atoms. The average molecular weight is 328 g/mol. The van der Waals surface area contributed by atoms with Gasteiger partial charge in [-0.2, -0.15) is 5.10 Å². The summed E-state index contributed by atoms with van der Waals surface area (Å²) in [5, 5.41) is 6.66. The Morgan fingerprint density at radius 1 is 1.38 bits per heavy atom. The van der Waals surface area contributed by atoms with E-state index in [-0.39, 0.29) is 22.1 Å². The fourth-order valence-electron chi connectivity index (χ4n) is 2.80. The first kappa shape index (κ1) is 14.5. The van der Waals surface area contributed by atoms with Gasteiger partial charge in [0.05, 0.1) is 0 Å². The van der Waals surface area contributed by atoms with Crippen LogP contribution in [0.3, 0.4) is 0 Å². The summed E-state index contributed by atoms with van der Waals surface area (Å²) in [7, 11) is 0.772. The van der Waals surface area contributed by atoms with Gasteiger partial charge in [0.15, 0.2) is 5.15 Å². The second-order valence-corrected chi connectivity index (χ2v) is 7.25. The van der Waals surface area contributed by atoms with E-state index in [1.807, 2.05) is 0 Å². The van der Waals surface area contributed by atoms with Crippen LogP contribution < -0.4 is 11.1 Å². The fraction of sp³-hybridized carbons (Fsp3) is 0.462. The van der Waals surface area contributed by atoms with Crippen molar-refractivity contribution in [1.29, 1.82) is 0 Å². The van der Waals surface area contributed by atoms with E-state index in [0.717, 1.165) is 0 Å². The van der Waals surface area contributed by atoms with Crippen LogP contribution in [-0.2, 0) is 17.8 Å². The summed E-state index contributed by atoms with van der Waals surface area (Å²) in [5.74, 6) is 1.27. The molecule has 1 N–H and O–H groups in total. The monoisotopic (exact) mass is 327 g/mol. The van der Waals surface area contributed by atoms with Crippen LogP contribution in [0, 0.1) is 0 Å². The molecule has 2 aromatic heterocycles. The number of rotatable bonds is 1. The van der Waals surface area contributed by atoms with E-state index in [1.54, 1.807) is 13.1 Å². The molecule has 0 aliphatic carbocycles. The molecule has 0 spiro atoms. The summed E-state index contributed by atoms with van der Waals surface area (Å²) in [6, 6.07) is 1.67. The van der Waals surface area contributed by atoms with Crippen molar-refractivity contribution >= 4 is 33.3 Å². The summed E-state index contributed by atoms with van der Waals surface area (Å²) in [6.45, 7) is 0. The molecule has 3 heterocycles. The molecule has 0 radical (unpaired) electrons. The number of aryl methyl sites for hydroxylation is 1. The second kappa shape index (κ2) is 5.38. The third-order valence-electron chi connectivity index (χ3n) is 3.96. The van der Waals surface area contributed by atoms with E-state index in [1.165, 1.54) is 4.57 Å². The summed E-state index contributed by atoms with van der Waals surface area (Å²) in [5.41, 5.74) is 0.206. The number of hydrogen-bond donors (Lipinski definition) is 1. The highest BCUT2D eigenvalue weighted by Gasteiger charge is 2.24. The van der Waals surface area contributed by atoms with Crippen molar-refractivity contribution < 1.29 is 4.21 Å². The summed E-state index contributed by atoms with van der Waals surface area (Å²) in [4.78, 5) is 24.4. The summed E-state index contributed by atoms with van der Waals surface area (Å²) in [6.07, 6.45) is 1.42. The molecule has 1 aliphatic heterocycles. The predicted molar refractivity (Wildman–Crippen MR) is 82.5 cm³/mol. The maximum Gasteiger partial charge on any atom is 0.288 e. The number of nitrogens with one attached hydrogen (secondary N) is 1. The zero-order valence-electron chi connectivity index (χ0n) is 11.4. The maximum absolute atomic E-state index is 12.5. The molecule has 0 unspecified atom stereocenters. The number of aromatic amines is 1. The molecule has 1 fully saturated rings. The van der Waals surface area contributed by atoms with Gasteiger partial charge in [0.1, 0.15) is 5.52 Å². The van der Waals surface area contributed by atoms with Crippen LogP contribution in [-0.4, -0.2) is 30.5 Å². The molecule has 6 nitrogen and oxygen atoms in total. The molecule has 0 atom stereocenters. The third kappa shape index (κ3) is 2.44. The van der Waals surface area contributed by atoms with E-state index < -0.39 is 16.4 Å². The normalized spacial score (nSPS) is 22.6. The van der Waals surface area contributed by atoms with Gasteiger partial charge in [-0.25, -0.2) is 5.10 Å². The molecule has 1 saturated heterocycles. The molecule has 0 amide bonds. The van der Waals surface area contributed by atoms with Gasteiger partial charge in [0.2, 0.25) is 0 Å². The Morgan fingerprint density at radius 2 is 2.05 bits per heavy atom. The maximum atomic E-state index is 12.5. The van der Waals surface area contributed by atoms with Crippen molar-refractivity contribution in [3.05, 3.63) is 37.5 Å². The van der Waals surface area contributed by atoms with Crippen LogP contribution in [0.5, 0.6) is 0 Å². The predicted octanol–water partition coefficient (Wildman–Crippen LogP) is 0.901.